The molecule has 1 aliphatic rings. The topological polar surface area (TPSA) is 72.9 Å². The van der Waals surface area contributed by atoms with E-state index in [0.29, 0.717) is 19.5 Å². The molecule has 0 aromatic carbocycles. The van der Waals surface area contributed by atoms with Crippen molar-refractivity contribution in [3.8, 4) is 0 Å². The minimum absolute atomic E-state index is 0.179. The van der Waals surface area contributed by atoms with Crippen molar-refractivity contribution < 1.29 is 14.7 Å². The minimum atomic E-state index is -1.01. The van der Waals surface area contributed by atoms with Gasteiger partial charge in [0, 0.05) is 19.6 Å². The normalized spacial score (nSPS) is 20.2. The molecule has 1 rings (SSSR count). The molecule has 2 amide bonds. The van der Waals surface area contributed by atoms with Crippen molar-refractivity contribution in [2.24, 2.45) is 0 Å². The van der Waals surface area contributed by atoms with Crippen molar-refractivity contribution >= 4 is 12.0 Å². The van der Waals surface area contributed by atoms with Crippen LogP contribution in [0.3, 0.4) is 0 Å². The van der Waals surface area contributed by atoms with Gasteiger partial charge in [-0.1, -0.05) is 0 Å². The van der Waals surface area contributed by atoms with E-state index in [1.165, 1.54) is 4.90 Å². The van der Waals surface area contributed by atoms with Gasteiger partial charge in [-0.3, -0.25) is 9.69 Å². The molecule has 0 aromatic rings. The Labute approximate surface area is 95.2 Å². The van der Waals surface area contributed by atoms with Crippen molar-refractivity contribution in [3.63, 3.8) is 0 Å². The lowest BCUT2D eigenvalue weighted by molar-refractivity contribution is -0.125. The molecule has 1 fully saturated rings. The predicted molar refractivity (Wildman–Crippen MR) is 59.3 cm³/mol. The second kappa shape index (κ2) is 5.69. The van der Waals surface area contributed by atoms with Gasteiger partial charge in [-0.2, -0.15) is 0 Å². The molecular weight excluding hydrogens is 210 g/mol. The number of carbonyl (C=O) groups excluding carboxylic acids is 1. The summed E-state index contributed by atoms with van der Waals surface area (Å²) < 4.78 is 0. The number of likely N-dealkylation sites (N-methyl/N-ethyl adjacent to an activating group) is 1. The molecule has 1 aliphatic heterocycles. The van der Waals surface area contributed by atoms with Gasteiger partial charge in [-0.15, -0.1) is 0 Å². The number of nitrogens with zero attached hydrogens (tertiary/aromatic N) is 2. The molecule has 0 bridgehead atoms. The average molecular weight is 229 g/mol. The van der Waals surface area contributed by atoms with Gasteiger partial charge in [-0.05, 0) is 26.9 Å². The van der Waals surface area contributed by atoms with E-state index in [1.807, 2.05) is 19.0 Å². The van der Waals surface area contributed by atoms with Crippen molar-refractivity contribution in [1.29, 1.82) is 0 Å². The van der Waals surface area contributed by atoms with Crippen molar-refractivity contribution in [2.75, 3.05) is 33.7 Å². The molecule has 1 atom stereocenters. The fourth-order valence-corrected chi connectivity index (χ4v) is 1.79. The number of amides is 2. The van der Waals surface area contributed by atoms with Crippen molar-refractivity contribution in [3.05, 3.63) is 0 Å². The minimum Gasteiger partial charge on any atom is -0.465 e. The maximum atomic E-state index is 11.7. The van der Waals surface area contributed by atoms with E-state index in [1.54, 1.807) is 0 Å². The van der Waals surface area contributed by atoms with Crippen LogP contribution in [0.25, 0.3) is 0 Å². The SMILES string of the molecule is CN(C)CCNC(=O)[C@@H]1CCCN1C(=O)O. The van der Waals surface area contributed by atoms with E-state index in [-0.39, 0.29) is 5.91 Å². The van der Waals surface area contributed by atoms with Crippen LogP contribution in [0.1, 0.15) is 12.8 Å². The van der Waals surface area contributed by atoms with Gasteiger partial charge < -0.3 is 15.3 Å². The summed E-state index contributed by atoms with van der Waals surface area (Å²) in [5.41, 5.74) is 0. The predicted octanol–water partition coefficient (Wildman–Crippen LogP) is -0.193. The quantitative estimate of drug-likeness (QED) is 0.700. The number of nitrogens with one attached hydrogen (secondary N) is 1. The van der Waals surface area contributed by atoms with Crippen LogP contribution in [0.15, 0.2) is 0 Å². The first kappa shape index (κ1) is 12.8. The van der Waals surface area contributed by atoms with Gasteiger partial charge in [-0.25, -0.2) is 4.79 Å². The zero-order valence-electron chi connectivity index (χ0n) is 9.77. The molecule has 6 nitrogen and oxygen atoms in total. The second-order valence-corrected chi connectivity index (χ2v) is 4.23. The number of carbonyl (C=O) groups is 2. The Morgan fingerprint density at radius 2 is 2.19 bits per heavy atom. The maximum absolute atomic E-state index is 11.7. The number of rotatable bonds is 4. The first-order valence-electron chi connectivity index (χ1n) is 5.44. The van der Waals surface area contributed by atoms with E-state index in [0.717, 1.165) is 13.0 Å². The third-order valence-corrected chi connectivity index (χ3v) is 2.66. The maximum Gasteiger partial charge on any atom is 0.407 e. The number of carboxylic acid groups (broad SMARTS) is 1. The second-order valence-electron chi connectivity index (χ2n) is 4.23. The highest BCUT2D eigenvalue weighted by molar-refractivity contribution is 5.85. The lowest BCUT2D eigenvalue weighted by Crippen LogP contribution is -2.46. The fraction of sp³-hybridized carbons (Fsp3) is 0.800. The number of hydrogen-bond donors (Lipinski definition) is 2. The zero-order chi connectivity index (χ0) is 12.1. The van der Waals surface area contributed by atoms with Gasteiger partial charge in [0.25, 0.3) is 0 Å². The number of hydrogen-bond acceptors (Lipinski definition) is 3. The molecule has 0 spiro atoms. The number of likely N-dealkylation sites (tertiary alicyclic amines) is 1. The van der Waals surface area contributed by atoms with Gasteiger partial charge in [0.2, 0.25) is 5.91 Å². The van der Waals surface area contributed by atoms with Crippen LogP contribution in [0.2, 0.25) is 0 Å². The first-order valence-corrected chi connectivity index (χ1v) is 5.44. The monoisotopic (exact) mass is 229 g/mol. The molecule has 6 heteroatoms. The van der Waals surface area contributed by atoms with E-state index in [9.17, 15) is 9.59 Å². The standard InChI is InChI=1S/C10H19N3O3/c1-12(2)7-5-11-9(14)8-4-3-6-13(8)10(15)16/h8H,3-7H2,1-2H3,(H,11,14)(H,15,16)/t8-/m0/s1. The molecule has 0 saturated carbocycles. The smallest absolute Gasteiger partial charge is 0.407 e. The molecule has 0 unspecified atom stereocenters. The van der Waals surface area contributed by atoms with Gasteiger partial charge in [0.15, 0.2) is 0 Å². The molecule has 1 heterocycles. The van der Waals surface area contributed by atoms with Gasteiger partial charge >= 0.3 is 6.09 Å². The van der Waals surface area contributed by atoms with Gasteiger partial charge in [0.1, 0.15) is 6.04 Å². The summed E-state index contributed by atoms with van der Waals surface area (Å²) in [7, 11) is 3.84. The van der Waals surface area contributed by atoms with Crippen LogP contribution in [0.5, 0.6) is 0 Å². The Hall–Kier alpha value is -1.30. The highest BCUT2D eigenvalue weighted by Gasteiger charge is 2.33. The summed E-state index contributed by atoms with van der Waals surface area (Å²) in [6.07, 6.45) is 0.378. The molecule has 1 saturated heterocycles. The fourth-order valence-electron chi connectivity index (χ4n) is 1.79. The van der Waals surface area contributed by atoms with Crippen molar-refractivity contribution in [2.45, 2.75) is 18.9 Å². The summed E-state index contributed by atoms with van der Waals surface area (Å²) in [6.45, 7) is 1.77. The van der Waals surface area contributed by atoms with E-state index in [2.05, 4.69) is 5.32 Å². The zero-order valence-corrected chi connectivity index (χ0v) is 9.77. The van der Waals surface area contributed by atoms with Crippen LogP contribution in [-0.4, -0.2) is 66.7 Å². The van der Waals surface area contributed by atoms with Crippen LogP contribution in [0, 0.1) is 0 Å². The average Bonchev–Trinajstić information content (AvgIpc) is 2.65. The van der Waals surface area contributed by atoms with Gasteiger partial charge in [0.05, 0.1) is 0 Å². The Morgan fingerprint density at radius 3 is 2.75 bits per heavy atom. The van der Waals surface area contributed by atoms with Crippen LogP contribution in [0.4, 0.5) is 4.79 Å². The Morgan fingerprint density at radius 1 is 1.50 bits per heavy atom. The summed E-state index contributed by atoms with van der Waals surface area (Å²) in [4.78, 5) is 25.7. The third-order valence-electron chi connectivity index (χ3n) is 2.66. The summed E-state index contributed by atoms with van der Waals surface area (Å²) in [5.74, 6) is -0.179. The molecule has 2 N–H and O–H groups in total. The van der Waals surface area contributed by atoms with Crippen molar-refractivity contribution in [1.82, 2.24) is 15.1 Å². The summed E-state index contributed by atoms with van der Waals surface area (Å²) in [5, 5.41) is 11.6. The lowest BCUT2D eigenvalue weighted by atomic mass is 10.2. The molecule has 92 valence electrons. The Balaban J connectivity index is 2.38. The highest BCUT2D eigenvalue weighted by atomic mass is 16.4. The van der Waals surface area contributed by atoms with E-state index >= 15 is 0 Å². The highest BCUT2D eigenvalue weighted by Crippen LogP contribution is 2.16. The third kappa shape index (κ3) is 3.37. The molecular formula is C10H19N3O3. The van der Waals surface area contributed by atoms with Crippen LogP contribution >= 0.6 is 0 Å². The van der Waals surface area contributed by atoms with Crippen LogP contribution < -0.4 is 5.32 Å². The molecule has 0 radical (unpaired) electrons. The largest absolute Gasteiger partial charge is 0.465 e. The van der Waals surface area contributed by atoms with E-state index < -0.39 is 12.1 Å². The first-order chi connectivity index (χ1) is 7.52. The van der Waals surface area contributed by atoms with E-state index in [4.69, 9.17) is 5.11 Å². The molecule has 0 aliphatic carbocycles. The lowest BCUT2D eigenvalue weighted by Gasteiger charge is -2.21. The van der Waals surface area contributed by atoms with Crippen LogP contribution in [-0.2, 0) is 4.79 Å². The Kier molecular flexibility index (Phi) is 4.54. The summed E-state index contributed by atoms with van der Waals surface area (Å²) in [6, 6.07) is -0.500. The Bertz CT molecular complexity index is 268. The molecule has 16 heavy (non-hydrogen) atoms. The summed E-state index contributed by atoms with van der Waals surface area (Å²) >= 11 is 0. The molecule has 0 aromatic heterocycles.